The van der Waals surface area contributed by atoms with Gasteiger partial charge in [-0.25, -0.2) is 9.37 Å². The van der Waals surface area contributed by atoms with E-state index >= 15 is 0 Å². The van der Waals surface area contributed by atoms with Crippen LogP contribution in [0, 0.1) is 12.7 Å². The van der Waals surface area contributed by atoms with Crippen LogP contribution in [0.3, 0.4) is 0 Å². The lowest BCUT2D eigenvalue weighted by Gasteiger charge is -2.20. The lowest BCUT2D eigenvalue weighted by atomic mass is 10.1. The molecule has 1 N–H and O–H groups in total. The number of nitrogens with one attached hydrogen (secondary N) is 1. The van der Waals surface area contributed by atoms with Gasteiger partial charge in [-0.15, -0.1) is 0 Å². The lowest BCUT2D eigenvalue weighted by Crippen LogP contribution is -2.16. The van der Waals surface area contributed by atoms with E-state index in [1.165, 1.54) is 17.2 Å². The molecule has 0 atom stereocenters. The highest BCUT2D eigenvalue weighted by Gasteiger charge is 2.22. The van der Waals surface area contributed by atoms with Crippen molar-refractivity contribution in [2.75, 3.05) is 18.5 Å². The minimum absolute atomic E-state index is 0.196. The third-order valence-corrected chi connectivity index (χ3v) is 3.60. The molecule has 3 nitrogen and oxygen atoms in total. The van der Waals surface area contributed by atoms with Crippen LogP contribution in [0.5, 0.6) is 0 Å². The van der Waals surface area contributed by atoms with Crippen LogP contribution in [0.25, 0.3) is 0 Å². The van der Waals surface area contributed by atoms with E-state index in [-0.39, 0.29) is 5.82 Å². The number of benzene rings is 1. The molecule has 0 amide bonds. The first-order valence-corrected chi connectivity index (χ1v) is 6.85. The molecule has 3 rings (SSSR count). The molecule has 0 saturated carbocycles. The molecule has 1 aromatic heterocycles. The van der Waals surface area contributed by atoms with Crippen LogP contribution in [-0.4, -0.2) is 18.6 Å². The number of aromatic nitrogens is 1. The molecule has 0 aliphatic carbocycles. The van der Waals surface area contributed by atoms with Gasteiger partial charge in [0.2, 0.25) is 0 Å². The summed E-state index contributed by atoms with van der Waals surface area (Å²) < 4.78 is 13.5. The van der Waals surface area contributed by atoms with Crippen LogP contribution < -0.4 is 10.2 Å². The van der Waals surface area contributed by atoms with Gasteiger partial charge in [-0.1, -0.05) is 6.07 Å². The number of halogens is 1. The van der Waals surface area contributed by atoms with Gasteiger partial charge in [-0.05, 0) is 55.8 Å². The minimum Gasteiger partial charge on any atom is -0.326 e. The van der Waals surface area contributed by atoms with E-state index in [1.54, 1.807) is 6.07 Å². The number of fused-ring (bicyclic) bond motifs is 1. The largest absolute Gasteiger partial charge is 0.326 e. The highest BCUT2D eigenvalue weighted by Crippen LogP contribution is 2.34. The Morgan fingerprint density at radius 1 is 1.30 bits per heavy atom. The summed E-state index contributed by atoms with van der Waals surface area (Å²) in [5, 5.41) is 3.15. The van der Waals surface area contributed by atoms with Gasteiger partial charge in [-0.2, -0.15) is 0 Å². The molecular weight excluding hydrogens is 253 g/mol. The summed E-state index contributed by atoms with van der Waals surface area (Å²) in [6.07, 6.45) is 0.937. The zero-order chi connectivity index (χ0) is 14.1. The predicted octanol–water partition coefficient (Wildman–Crippen LogP) is 2.94. The second-order valence-corrected chi connectivity index (χ2v) is 5.18. The zero-order valence-corrected chi connectivity index (χ0v) is 11.8. The number of nitrogens with zero attached hydrogens (tertiary/aromatic N) is 2. The van der Waals surface area contributed by atoms with E-state index in [4.69, 9.17) is 0 Å². The Morgan fingerprint density at radius 2 is 2.15 bits per heavy atom. The number of hydrogen-bond donors (Lipinski definition) is 1. The summed E-state index contributed by atoms with van der Waals surface area (Å²) in [5.41, 5.74) is 4.31. The first-order valence-electron chi connectivity index (χ1n) is 6.85. The molecule has 104 valence electrons. The SMILES string of the molecule is CNCc1cc(C)nc(N2CCc3ccc(F)cc32)c1. The third-order valence-electron chi connectivity index (χ3n) is 3.60. The summed E-state index contributed by atoms with van der Waals surface area (Å²) in [6, 6.07) is 9.14. The molecule has 0 radical (unpaired) electrons. The lowest BCUT2D eigenvalue weighted by molar-refractivity contribution is 0.628. The van der Waals surface area contributed by atoms with E-state index in [9.17, 15) is 4.39 Å². The Morgan fingerprint density at radius 3 is 2.95 bits per heavy atom. The summed E-state index contributed by atoms with van der Waals surface area (Å²) in [6.45, 7) is 3.65. The molecule has 2 heterocycles. The van der Waals surface area contributed by atoms with E-state index in [0.29, 0.717) is 0 Å². The quantitative estimate of drug-likeness (QED) is 0.930. The van der Waals surface area contributed by atoms with Gasteiger partial charge in [0.05, 0.1) is 0 Å². The first kappa shape index (κ1) is 13.1. The van der Waals surface area contributed by atoms with Crippen LogP contribution in [0.4, 0.5) is 15.9 Å². The van der Waals surface area contributed by atoms with Crippen molar-refractivity contribution in [1.82, 2.24) is 10.3 Å². The summed E-state index contributed by atoms with van der Waals surface area (Å²) in [7, 11) is 1.93. The minimum atomic E-state index is -0.196. The van der Waals surface area contributed by atoms with Gasteiger partial charge >= 0.3 is 0 Å². The molecule has 1 aliphatic heterocycles. The Kier molecular flexibility index (Phi) is 3.40. The fourth-order valence-corrected chi connectivity index (χ4v) is 2.76. The Hall–Kier alpha value is -1.94. The standard InChI is InChI=1S/C16H18FN3/c1-11-7-12(10-18-2)8-16(19-11)20-6-5-13-3-4-14(17)9-15(13)20/h3-4,7-9,18H,5-6,10H2,1-2H3. The van der Waals surface area contributed by atoms with E-state index in [1.807, 2.05) is 20.0 Å². The Labute approximate surface area is 118 Å². The molecule has 20 heavy (non-hydrogen) atoms. The van der Waals surface area contributed by atoms with Crippen molar-refractivity contribution in [1.29, 1.82) is 0 Å². The Bertz CT molecular complexity index is 640. The first-order chi connectivity index (χ1) is 9.67. The van der Waals surface area contributed by atoms with E-state index in [0.717, 1.165) is 36.7 Å². The van der Waals surface area contributed by atoms with Crippen molar-refractivity contribution < 1.29 is 4.39 Å². The number of rotatable bonds is 3. The van der Waals surface area contributed by atoms with Crippen LogP contribution in [-0.2, 0) is 13.0 Å². The van der Waals surface area contributed by atoms with Crippen molar-refractivity contribution in [3.05, 3.63) is 53.0 Å². The number of pyridine rings is 1. The second-order valence-electron chi connectivity index (χ2n) is 5.18. The average Bonchev–Trinajstić information content (AvgIpc) is 2.81. The topological polar surface area (TPSA) is 28.2 Å². The van der Waals surface area contributed by atoms with Crippen molar-refractivity contribution in [3.8, 4) is 0 Å². The molecule has 0 spiro atoms. The zero-order valence-electron chi connectivity index (χ0n) is 11.8. The summed E-state index contributed by atoms with van der Waals surface area (Å²) in [5.74, 6) is 0.707. The van der Waals surface area contributed by atoms with Gasteiger partial charge in [-0.3, -0.25) is 0 Å². The maximum Gasteiger partial charge on any atom is 0.133 e. The Balaban J connectivity index is 2.01. The van der Waals surface area contributed by atoms with Crippen LogP contribution in [0.15, 0.2) is 30.3 Å². The normalized spacial score (nSPS) is 13.7. The summed E-state index contributed by atoms with van der Waals surface area (Å²) >= 11 is 0. The van der Waals surface area contributed by atoms with Crippen molar-refractivity contribution in [3.63, 3.8) is 0 Å². The van der Waals surface area contributed by atoms with Crippen LogP contribution in [0.1, 0.15) is 16.8 Å². The van der Waals surface area contributed by atoms with Gasteiger partial charge in [0.25, 0.3) is 0 Å². The second kappa shape index (κ2) is 5.21. The number of anilines is 2. The number of hydrogen-bond acceptors (Lipinski definition) is 3. The van der Waals surface area contributed by atoms with Crippen molar-refractivity contribution >= 4 is 11.5 Å². The molecule has 2 aromatic rings. The summed E-state index contributed by atoms with van der Waals surface area (Å²) in [4.78, 5) is 6.70. The van der Waals surface area contributed by atoms with Gasteiger partial charge in [0.1, 0.15) is 11.6 Å². The molecule has 0 fully saturated rings. The van der Waals surface area contributed by atoms with Crippen LogP contribution in [0.2, 0.25) is 0 Å². The fraction of sp³-hybridized carbons (Fsp3) is 0.312. The fourth-order valence-electron chi connectivity index (χ4n) is 2.76. The van der Waals surface area contributed by atoms with Gasteiger partial charge in [0, 0.05) is 24.5 Å². The third kappa shape index (κ3) is 2.39. The number of aryl methyl sites for hydroxylation is 1. The maximum absolute atomic E-state index is 13.5. The molecule has 0 unspecified atom stereocenters. The molecule has 4 heteroatoms. The van der Waals surface area contributed by atoms with Crippen LogP contribution >= 0.6 is 0 Å². The maximum atomic E-state index is 13.5. The predicted molar refractivity (Wildman–Crippen MR) is 78.8 cm³/mol. The molecular formula is C16H18FN3. The van der Waals surface area contributed by atoms with Gasteiger partial charge < -0.3 is 10.2 Å². The average molecular weight is 271 g/mol. The van der Waals surface area contributed by atoms with E-state index < -0.39 is 0 Å². The molecule has 0 saturated heterocycles. The van der Waals surface area contributed by atoms with E-state index in [2.05, 4.69) is 27.3 Å². The smallest absolute Gasteiger partial charge is 0.133 e. The molecule has 1 aliphatic rings. The monoisotopic (exact) mass is 271 g/mol. The van der Waals surface area contributed by atoms with Crippen molar-refractivity contribution in [2.45, 2.75) is 19.9 Å². The van der Waals surface area contributed by atoms with Gasteiger partial charge in [0.15, 0.2) is 0 Å². The highest BCUT2D eigenvalue weighted by atomic mass is 19.1. The molecule has 0 bridgehead atoms. The highest BCUT2D eigenvalue weighted by molar-refractivity contribution is 5.68. The van der Waals surface area contributed by atoms with Crippen molar-refractivity contribution in [2.24, 2.45) is 0 Å². The molecule has 1 aromatic carbocycles.